The van der Waals surface area contributed by atoms with Crippen molar-refractivity contribution in [3.63, 3.8) is 0 Å². The Labute approximate surface area is 189 Å². The Morgan fingerprint density at radius 1 is 0.935 bits per heavy atom. The van der Waals surface area contributed by atoms with Crippen molar-refractivity contribution < 1.29 is 4.79 Å². The van der Waals surface area contributed by atoms with E-state index in [0.717, 1.165) is 48.7 Å². The average molecular weight is 434 g/mol. The lowest BCUT2D eigenvalue weighted by molar-refractivity contribution is 0.0906. The summed E-state index contributed by atoms with van der Waals surface area (Å²) >= 11 is 6.34. The number of amides is 2. The first-order valence-corrected chi connectivity index (χ1v) is 11.1. The minimum Gasteiger partial charge on any atom is -0.341 e. The highest BCUT2D eigenvalue weighted by Gasteiger charge is 2.30. The summed E-state index contributed by atoms with van der Waals surface area (Å²) in [5, 5.41) is 3.57. The number of carbonyl (C=O) groups is 1. The van der Waals surface area contributed by atoms with E-state index in [2.05, 4.69) is 58.7 Å². The van der Waals surface area contributed by atoms with Crippen LogP contribution in [-0.4, -0.2) is 48.6 Å². The van der Waals surface area contributed by atoms with Gasteiger partial charge < -0.3 is 10.2 Å². The summed E-state index contributed by atoms with van der Waals surface area (Å²) in [5.41, 5.74) is 4.70. The molecule has 3 aromatic rings. The van der Waals surface area contributed by atoms with E-state index in [-0.39, 0.29) is 12.1 Å². The van der Waals surface area contributed by atoms with Crippen molar-refractivity contribution in [2.24, 2.45) is 0 Å². The van der Waals surface area contributed by atoms with E-state index < -0.39 is 0 Å². The number of hydrogen-bond donors (Lipinski definition) is 1. The van der Waals surface area contributed by atoms with Crippen LogP contribution in [0.4, 0.5) is 4.79 Å². The summed E-state index contributed by atoms with van der Waals surface area (Å²) in [7, 11) is 1.70. The van der Waals surface area contributed by atoms with Crippen molar-refractivity contribution in [3.8, 4) is 11.1 Å². The predicted molar refractivity (Wildman–Crippen MR) is 127 cm³/mol. The molecule has 1 saturated heterocycles. The van der Waals surface area contributed by atoms with Gasteiger partial charge in [-0.3, -0.25) is 4.90 Å². The molecule has 5 heteroatoms. The molecule has 3 aromatic carbocycles. The smallest absolute Gasteiger partial charge is 0.317 e. The fraction of sp³-hybridized carbons (Fsp3) is 0.269. The summed E-state index contributed by atoms with van der Waals surface area (Å²) in [5.74, 6) is 0. The highest BCUT2D eigenvalue weighted by atomic mass is 35.5. The molecule has 1 heterocycles. The number of benzene rings is 3. The highest BCUT2D eigenvalue weighted by molar-refractivity contribution is 6.33. The second kappa shape index (κ2) is 9.99. The molecule has 160 valence electrons. The van der Waals surface area contributed by atoms with Crippen LogP contribution >= 0.6 is 11.6 Å². The van der Waals surface area contributed by atoms with E-state index in [0.29, 0.717) is 0 Å². The van der Waals surface area contributed by atoms with Gasteiger partial charge in [0.15, 0.2) is 0 Å². The second-order valence-corrected chi connectivity index (χ2v) is 8.41. The molecule has 1 aliphatic heterocycles. The Hall–Kier alpha value is -2.82. The molecule has 1 N–H and O–H groups in total. The molecule has 1 unspecified atom stereocenters. The molecule has 0 bridgehead atoms. The second-order valence-electron chi connectivity index (χ2n) is 8.00. The first kappa shape index (κ1) is 21.4. The fourth-order valence-electron chi connectivity index (χ4n) is 4.28. The van der Waals surface area contributed by atoms with E-state index in [1.807, 2.05) is 35.2 Å². The zero-order valence-corrected chi connectivity index (χ0v) is 18.6. The standard InChI is InChI=1S/C26H28ClN3O/c1-28-26(31)30-16-15-29(19-23(30)17-20-7-3-2-4-8-20)18-21-11-13-22(14-12-21)24-9-5-6-10-25(24)27/h2-14,23H,15-19H2,1H3,(H,28,31). The normalized spacial score (nSPS) is 16.8. The van der Waals surface area contributed by atoms with Crippen LogP contribution in [0.1, 0.15) is 11.1 Å². The Kier molecular flexibility index (Phi) is 6.90. The minimum atomic E-state index is 0.00433. The Bertz CT molecular complexity index is 1010. The molecule has 4 rings (SSSR count). The number of nitrogens with one attached hydrogen (secondary N) is 1. The van der Waals surface area contributed by atoms with Gasteiger partial charge >= 0.3 is 6.03 Å². The summed E-state index contributed by atoms with van der Waals surface area (Å²) in [6, 6.07) is 27.1. The molecule has 1 aliphatic rings. The lowest BCUT2D eigenvalue weighted by Crippen LogP contribution is -2.57. The van der Waals surface area contributed by atoms with Crippen LogP contribution < -0.4 is 5.32 Å². The highest BCUT2D eigenvalue weighted by Crippen LogP contribution is 2.28. The van der Waals surface area contributed by atoms with Crippen LogP contribution in [0, 0.1) is 0 Å². The number of piperazine rings is 1. The molecule has 4 nitrogen and oxygen atoms in total. The Morgan fingerprint density at radius 2 is 1.65 bits per heavy atom. The van der Waals surface area contributed by atoms with E-state index in [1.165, 1.54) is 11.1 Å². The summed E-state index contributed by atoms with van der Waals surface area (Å²) in [4.78, 5) is 16.8. The van der Waals surface area contributed by atoms with Crippen molar-refractivity contribution in [2.45, 2.75) is 19.0 Å². The zero-order chi connectivity index (χ0) is 21.6. The molecule has 2 amide bonds. The van der Waals surface area contributed by atoms with Crippen LogP contribution in [0.25, 0.3) is 11.1 Å². The first-order chi connectivity index (χ1) is 15.1. The quantitative estimate of drug-likeness (QED) is 0.609. The van der Waals surface area contributed by atoms with Crippen LogP contribution in [0.3, 0.4) is 0 Å². The van der Waals surface area contributed by atoms with Gasteiger partial charge in [-0.2, -0.15) is 0 Å². The van der Waals surface area contributed by atoms with Gasteiger partial charge in [-0.1, -0.05) is 84.4 Å². The van der Waals surface area contributed by atoms with Gasteiger partial charge in [-0.05, 0) is 29.2 Å². The van der Waals surface area contributed by atoms with Gasteiger partial charge in [0, 0.05) is 43.8 Å². The number of halogens is 1. The number of nitrogens with zero attached hydrogens (tertiary/aromatic N) is 2. The van der Waals surface area contributed by atoms with E-state index in [4.69, 9.17) is 11.6 Å². The average Bonchev–Trinajstić information content (AvgIpc) is 2.80. The third-order valence-electron chi connectivity index (χ3n) is 5.90. The van der Waals surface area contributed by atoms with Crippen LogP contribution in [0.5, 0.6) is 0 Å². The molecule has 0 aliphatic carbocycles. The first-order valence-electron chi connectivity index (χ1n) is 10.7. The molecular weight excluding hydrogens is 406 g/mol. The number of rotatable bonds is 5. The summed E-state index contributed by atoms with van der Waals surface area (Å²) in [6.07, 6.45) is 0.857. The van der Waals surface area contributed by atoms with Gasteiger partial charge in [-0.15, -0.1) is 0 Å². The topological polar surface area (TPSA) is 35.6 Å². The lowest BCUT2D eigenvalue weighted by atomic mass is 10.0. The molecule has 31 heavy (non-hydrogen) atoms. The maximum absolute atomic E-state index is 12.4. The number of hydrogen-bond acceptors (Lipinski definition) is 2. The van der Waals surface area contributed by atoms with Gasteiger partial charge in [0.2, 0.25) is 0 Å². The van der Waals surface area contributed by atoms with E-state index in [1.54, 1.807) is 7.05 Å². The lowest BCUT2D eigenvalue weighted by Gasteiger charge is -2.41. The molecule has 0 saturated carbocycles. The van der Waals surface area contributed by atoms with Crippen LogP contribution in [0.15, 0.2) is 78.9 Å². The van der Waals surface area contributed by atoms with E-state index in [9.17, 15) is 4.79 Å². The van der Waals surface area contributed by atoms with Crippen LogP contribution in [-0.2, 0) is 13.0 Å². The van der Waals surface area contributed by atoms with Gasteiger partial charge in [0.25, 0.3) is 0 Å². The molecule has 0 aromatic heterocycles. The predicted octanol–water partition coefficient (Wildman–Crippen LogP) is 5.08. The largest absolute Gasteiger partial charge is 0.341 e. The third kappa shape index (κ3) is 5.27. The van der Waals surface area contributed by atoms with Crippen LogP contribution in [0.2, 0.25) is 5.02 Å². The summed E-state index contributed by atoms with van der Waals surface area (Å²) in [6.45, 7) is 3.32. The Balaban J connectivity index is 1.45. The number of carbonyl (C=O) groups excluding carboxylic acids is 1. The van der Waals surface area contributed by atoms with E-state index >= 15 is 0 Å². The molecule has 1 fully saturated rings. The maximum Gasteiger partial charge on any atom is 0.317 e. The van der Waals surface area contributed by atoms with Crippen molar-refractivity contribution in [2.75, 3.05) is 26.7 Å². The molecule has 0 spiro atoms. The molecular formula is C26H28ClN3O. The van der Waals surface area contributed by atoms with Crippen molar-refractivity contribution in [1.82, 2.24) is 15.1 Å². The maximum atomic E-state index is 12.4. The van der Waals surface area contributed by atoms with Gasteiger partial charge in [0.1, 0.15) is 0 Å². The zero-order valence-electron chi connectivity index (χ0n) is 17.8. The third-order valence-corrected chi connectivity index (χ3v) is 6.23. The van der Waals surface area contributed by atoms with Crippen molar-refractivity contribution >= 4 is 17.6 Å². The molecule has 0 radical (unpaired) electrons. The molecule has 1 atom stereocenters. The van der Waals surface area contributed by atoms with Gasteiger partial charge in [-0.25, -0.2) is 4.79 Å². The SMILES string of the molecule is CNC(=O)N1CCN(Cc2ccc(-c3ccccc3Cl)cc2)CC1Cc1ccccc1. The minimum absolute atomic E-state index is 0.00433. The summed E-state index contributed by atoms with van der Waals surface area (Å²) < 4.78 is 0. The Morgan fingerprint density at radius 3 is 2.35 bits per heavy atom. The van der Waals surface area contributed by atoms with Crippen molar-refractivity contribution in [3.05, 3.63) is 95.0 Å². The number of urea groups is 1. The van der Waals surface area contributed by atoms with Crippen molar-refractivity contribution in [1.29, 1.82) is 0 Å². The van der Waals surface area contributed by atoms with Gasteiger partial charge in [0.05, 0.1) is 6.04 Å². The monoisotopic (exact) mass is 433 g/mol. The fourth-order valence-corrected chi connectivity index (χ4v) is 4.52.